The number of hydrogen-bond donors (Lipinski definition) is 0. The molecule has 0 aliphatic rings. The highest BCUT2D eigenvalue weighted by molar-refractivity contribution is 6.16. The summed E-state index contributed by atoms with van der Waals surface area (Å²) in [5, 5.41) is 8.18. The maximum atomic E-state index is 5.77. The first-order valence-electron chi connectivity index (χ1n) is 5.30. The minimum atomic E-state index is 0.469. The third kappa shape index (κ3) is 2.71. The van der Waals surface area contributed by atoms with E-state index >= 15 is 0 Å². The van der Waals surface area contributed by atoms with Crippen molar-refractivity contribution < 1.29 is 0 Å². The Hall–Kier alpha value is -0.570. The molecule has 0 saturated carbocycles. The third-order valence-electron chi connectivity index (χ3n) is 2.35. The molecular weight excluding hydrogens is 198 g/mol. The SMILES string of the molecule is CCCCCn1nnc(CCl)c1CC. The van der Waals surface area contributed by atoms with Crippen LogP contribution in [0.4, 0.5) is 0 Å². The summed E-state index contributed by atoms with van der Waals surface area (Å²) in [7, 11) is 0. The molecule has 0 unspecified atom stereocenters. The van der Waals surface area contributed by atoms with Crippen molar-refractivity contribution in [2.24, 2.45) is 0 Å². The molecule has 0 aromatic carbocycles. The van der Waals surface area contributed by atoms with Gasteiger partial charge in [-0.1, -0.05) is 31.9 Å². The Balaban J connectivity index is 2.61. The fourth-order valence-electron chi connectivity index (χ4n) is 1.55. The van der Waals surface area contributed by atoms with Crippen LogP contribution in [0.5, 0.6) is 0 Å². The first kappa shape index (κ1) is 11.5. The van der Waals surface area contributed by atoms with Crippen molar-refractivity contribution in [3.05, 3.63) is 11.4 Å². The summed E-state index contributed by atoms with van der Waals surface area (Å²) >= 11 is 5.77. The Morgan fingerprint density at radius 2 is 2.07 bits per heavy atom. The van der Waals surface area contributed by atoms with Crippen LogP contribution in [0.25, 0.3) is 0 Å². The van der Waals surface area contributed by atoms with E-state index in [4.69, 9.17) is 11.6 Å². The van der Waals surface area contributed by atoms with Crippen molar-refractivity contribution in [2.45, 2.75) is 52.0 Å². The van der Waals surface area contributed by atoms with Gasteiger partial charge in [-0.25, -0.2) is 4.68 Å². The maximum absolute atomic E-state index is 5.77. The number of halogens is 1. The van der Waals surface area contributed by atoms with E-state index in [0.717, 1.165) is 18.7 Å². The van der Waals surface area contributed by atoms with Crippen molar-refractivity contribution in [1.82, 2.24) is 15.0 Å². The second-order valence-electron chi connectivity index (χ2n) is 3.40. The molecule has 1 rings (SSSR count). The monoisotopic (exact) mass is 215 g/mol. The van der Waals surface area contributed by atoms with Gasteiger partial charge >= 0.3 is 0 Å². The summed E-state index contributed by atoms with van der Waals surface area (Å²) in [4.78, 5) is 0. The van der Waals surface area contributed by atoms with Crippen molar-refractivity contribution in [3.8, 4) is 0 Å². The molecule has 0 spiro atoms. The fraction of sp³-hybridized carbons (Fsp3) is 0.800. The van der Waals surface area contributed by atoms with E-state index in [-0.39, 0.29) is 0 Å². The number of rotatable bonds is 6. The highest BCUT2D eigenvalue weighted by Crippen LogP contribution is 2.10. The zero-order chi connectivity index (χ0) is 10.4. The Kier molecular flexibility index (Phi) is 4.94. The second kappa shape index (κ2) is 6.02. The normalized spacial score (nSPS) is 10.8. The fourth-order valence-corrected chi connectivity index (χ4v) is 1.76. The van der Waals surface area contributed by atoms with Crippen LogP contribution in [0.1, 0.15) is 44.5 Å². The van der Waals surface area contributed by atoms with Crippen LogP contribution in [0, 0.1) is 0 Å². The van der Waals surface area contributed by atoms with Gasteiger partial charge in [0.25, 0.3) is 0 Å². The van der Waals surface area contributed by atoms with Crippen LogP contribution in [0.15, 0.2) is 0 Å². The minimum absolute atomic E-state index is 0.469. The van der Waals surface area contributed by atoms with E-state index in [1.807, 2.05) is 4.68 Å². The van der Waals surface area contributed by atoms with Crippen molar-refractivity contribution >= 4 is 11.6 Å². The van der Waals surface area contributed by atoms with E-state index in [1.54, 1.807) is 0 Å². The summed E-state index contributed by atoms with van der Waals surface area (Å²) in [6.07, 6.45) is 4.62. The van der Waals surface area contributed by atoms with Crippen LogP contribution < -0.4 is 0 Å². The summed E-state index contributed by atoms with van der Waals surface area (Å²) in [6.45, 7) is 5.29. The average Bonchev–Trinajstić information content (AvgIpc) is 2.60. The zero-order valence-corrected chi connectivity index (χ0v) is 9.72. The van der Waals surface area contributed by atoms with Gasteiger partial charge in [0, 0.05) is 6.54 Å². The number of nitrogens with zero attached hydrogens (tertiary/aromatic N) is 3. The topological polar surface area (TPSA) is 30.7 Å². The lowest BCUT2D eigenvalue weighted by Crippen LogP contribution is -2.05. The highest BCUT2D eigenvalue weighted by Gasteiger charge is 2.08. The second-order valence-corrected chi connectivity index (χ2v) is 3.67. The van der Waals surface area contributed by atoms with Gasteiger partial charge < -0.3 is 0 Å². The molecule has 0 aliphatic heterocycles. The molecule has 0 saturated heterocycles. The largest absolute Gasteiger partial charge is 0.249 e. The Bertz CT molecular complexity index is 270. The Morgan fingerprint density at radius 3 is 2.64 bits per heavy atom. The van der Waals surface area contributed by atoms with Crippen LogP contribution in [-0.2, 0) is 18.8 Å². The van der Waals surface area contributed by atoms with Gasteiger partial charge in [-0.3, -0.25) is 0 Å². The predicted molar refractivity (Wildman–Crippen MR) is 58.5 cm³/mol. The lowest BCUT2D eigenvalue weighted by atomic mass is 10.2. The van der Waals surface area contributed by atoms with E-state index in [9.17, 15) is 0 Å². The molecule has 14 heavy (non-hydrogen) atoms. The lowest BCUT2D eigenvalue weighted by molar-refractivity contribution is 0.521. The quantitative estimate of drug-likeness (QED) is 0.540. The molecule has 1 heterocycles. The van der Waals surface area contributed by atoms with Gasteiger partial charge in [0.1, 0.15) is 5.69 Å². The van der Waals surface area contributed by atoms with Gasteiger partial charge in [-0.15, -0.1) is 16.7 Å². The first-order chi connectivity index (χ1) is 6.83. The van der Waals surface area contributed by atoms with E-state index < -0.39 is 0 Å². The van der Waals surface area contributed by atoms with Gasteiger partial charge in [0.15, 0.2) is 0 Å². The van der Waals surface area contributed by atoms with Gasteiger partial charge in [0.05, 0.1) is 11.6 Å². The molecule has 3 nitrogen and oxygen atoms in total. The lowest BCUT2D eigenvalue weighted by Gasteiger charge is -2.04. The molecule has 0 aliphatic carbocycles. The number of alkyl halides is 1. The molecule has 0 atom stereocenters. The molecule has 0 amide bonds. The van der Waals surface area contributed by atoms with Crippen molar-refractivity contribution in [1.29, 1.82) is 0 Å². The Labute approximate surface area is 90.4 Å². The average molecular weight is 216 g/mol. The van der Waals surface area contributed by atoms with E-state index in [1.165, 1.54) is 25.0 Å². The maximum Gasteiger partial charge on any atom is 0.101 e. The molecule has 0 fully saturated rings. The first-order valence-corrected chi connectivity index (χ1v) is 5.84. The van der Waals surface area contributed by atoms with E-state index in [0.29, 0.717) is 5.88 Å². The van der Waals surface area contributed by atoms with Crippen molar-refractivity contribution in [2.75, 3.05) is 0 Å². The van der Waals surface area contributed by atoms with Crippen LogP contribution in [0.2, 0.25) is 0 Å². The molecule has 0 radical (unpaired) electrons. The van der Waals surface area contributed by atoms with E-state index in [2.05, 4.69) is 24.2 Å². The molecule has 0 bridgehead atoms. The Morgan fingerprint density at radius 1 is 1.29 bits per heavy atom. The molecule has 4 heteroatoms. The zero-order valence-electron chi connectivity index (χ0n) is 8.96. The summed E-state index contributed by atoms with van der Waals surface area (Å²) in [6, 6.07) is 0. The molecule has 0 N–H and O–H groups in total. The molecule has 1 aromatic rings. The van der Waals surface area contributed by atoms with Crippen molar-refractivity contribution in [3.63, 3.8) is 0 Å². The van der Waals surface area contributed by atoms with Crippen LogP contribution in [0.3, 0.4) is 0 Å². The number of unbranched alkanes of at least 4 members (excludes halogenated alkanes) is 2. The number of hydrogen-bond acceptors (Lipinski definition) is 2. The summed E-state index contributed by atoms with van der Waals surface area (Å²) in [5.74, 6) is 0.469. The number of aromatic nitrogens is 3. The minimum Gasteiger partial charge on any atom is -0.249 e. The third-order valence-corrected chi connectivity index (χ3v) is 2.61. The smallest absolute Gasteiger partial charge is 0.101 e. The van der Waals surface area contributed by atoms with Crippen LogP contribution in [-0.4, -0.2) is 15.0 Å². The number of aryl methyl sites for hydroxylation is 1. The van der Waals surface area contributed by atoms with Gasteiger partial charge in [-0.2, -0.15) is 0 Å². The highest BCUT2D eigenvalue weighted by atomic mass is 35.5. The summed E-state index contributed by atoms with van der Waals surface area (Å²) in [5.41, 5.74) is 2.13. The predicted octanol–water partition coefficient (Wildman–Crippen LogP) is 2.77. The molecule has 80 valence electrons. The summed E-state index contributed by atoms with van der Waals surface area (Å²) < 4.78 is 1.99. The van der Waals surface area contributed by atoms with Gasteiger partial charge in [0.2, 0.25) is 0 Å². The van der Waals surface area contributed by atoms with Gasteiger partial charge in [-0.05, 0) is 12.8 Å². The molecular formula is C10H18ClN3. The standard InChI is InChI=1S/C10H18ClN3/c1-3-5-6-7-14-10(4-2)9(8-11)12-13-14/h3-8H2,1-2H3. The van der Waals surface area contributed by atoms with Crippen LogP contribution >= 0.6 is 11.6 Å². The molecule has 1 aromatic heterocycles.